The molecule has 1 aromatic heterocycles. The number of allylic oxidation sites excluding steroid dienone is 1. The summed E-state index contributed by atoms with van der Waals surface area (Å²) in [5.74, 6) is -1.79. The standard InChI is InChI=1S/C33H34N2O7/c1-21(11-12-23-15-16-35-28(34)17-23)24(19-36)18-32-29(38)26-9-5-6-10-27(26)30(39)33(32,42-32)31(40)41-20-25(37)14-13-22-7-3-2-4-8-22/h2-10,15-17,25,36-37H,11-14,18-20H2,1H3,(H2,34,35). The normalized spacial score (nSPS) is 22.1. The molecule has 1 aliphatic heterocycles. The predicted molar refractivity (Wildman–Crippen MR) is 155 cm³/mol. The lowest BCUT2D eigenvalue weighted by atomic mass is 9.71. The quantitative estimate of drug-likeness (QED) is 0.129. The van der Waals surface area contributed by atoms with Gasteiger partial charge in [-0.15, -0.1) is 0 Å². The van der Waals surface area contributed by atoms with Gasteiger partial charge in [0.15, 0.2) is 11.4 Å². The van der Waals surface area contributed by atoms with Gasteiger partial charge in [0.1, 0.15) is 12.4 Å². The summed E-state index contributed by atoms with van der Waals surface area (Å²) in [6.45, 7) is 1.09. The van der Waals surface area contributed by atoms with Crippen LogP contribution in [0.2, 0.25) is 0 Å². The van der Waals surface area contributed by atoms with Crippen molar-refractivity contribution < 1.29 is 34.1 Å². The van der Waals surface area contributed by atoms with Gasteiger partial charge in [-0.2, -0.15) is 0 Å². The lowest BCUT2D eigenvalue weighted by Gasteiger charge is -2.25. The van der Waals surface area contributed by atoms with Crippen molar-refractivity contribution >= 4 is 23.4 Å². The smallest absolute Gasteiger partial charge is 0.350 e. The summed E-state index contributed by atoms with van der Waals surface area (Å²) >= 11 is 0. The van der Waals surface area contributed by atoms with Crippen LogP contribution >= 0.6 is 0 Å². The minimum absolute atomic E-state index is 0.0822. The lowest BCUT2D eigenvalue weighted by Crippen LogP contribution is -2.51. The number of fused-ring (bicyclic) bond motifs is 2. The Morgan fingerprint density at radius 2 is 1.69 bits per heavy atom. The maximum absolute atomic E-state index is 13.9. The first-order valence-corrected chi connectivity index (χ1v) is 14.0. The number of Topliss-reactive ketones (excluding diaryl/α,β-unsaturated/α-hetero) is 2. The van der Waals surface area contributed by atoms with E-state index in [2.05, 4.69) is 4.98 Å². The zero-order valence-electron chi connectivity index (χ0n) is 23.4. The number of aliphatic hydroxyl groups is 2. The van der Waals surface area contributed by atoms with Gasteiger partial charge in [-0.05, 0) is 61.4 Å². The number of nitrogens with two attached hydrogens (primary N) is 1. The summed E-state index contributed by atoms with van der Waals surface area (Å²) < 4.78 is 11.4. The second kappa shape index (κ2) is 12.0. The van der Waals surface area contributed by atoms with Crippen molar-refractivity contribution in [3.05, 3.63) is 106 Å². The lowest BCUT2D eigenvalue weighted by molar-refractivity contribution is -0.151. The van der Waals surface area contributed by atoms with Gasteiger partial charge in [-0.3, -0.25) is 9.59 Å². The number of rotatable bonds is 12. The fourth-order valence-corrected chi connectivity index (χ4v) is 5.63. The van der Waals surface area contributed by atoms with Crippen LogP contribution in [0.4, 0.5) is 5.82 Å². The third kappa shape index (κ3) is 5.38. The first-order chi connectivity index (χ1) is 20.2. The van der Waals surface area contributed by atoms with Crippen LogP contribution in [0, 0.1) is 0 Å². The highest BCUT2D eigenvalue weighted by Crippen LogP contribution is 2.59. The molecule has 0 spiro atoms. The van der Waals surface area contributed by atoms with E-state index < -0.39 is 34.8 Å². The Balaban J connectivity index is 1.36. The van der Waals surface area contributed by atoms with E-state index >= 15 is 0 Å². The molecule has 0 amide bonds. The molecule has 0 bridgehead atoms. The minimum atomic E-state index is -2.18. The number of hydrogen-bond donors (Lipinski definition) is 3. The number of aliphatic hydroxyl groups excluding tert-OH is 2. The van der Waals surface area contributed by atoms with Crippen LogP contribution in [-0.4, -0.2) is 63.3 Å². The molecule has 0 saturated carbocycles. The first kappa shape index (κ1) is 29.3. The van der Waals surface area contributed by atoms with Crippen LogP contribution in [-0.2, 0) is 27.1 Å². The highest BCUT2D eigenvalue weighted by atomic mass is 16.7. The molecule has 2 aliphatic rings. The zero-order chi connectivity index (χ0) is 29.9. The van der Waals surface area contributed by atoms with Crippen molar-refractivity contribution in [2.75, 3.05) is 18.9 Å². The van der Waals surface area contributed by atoms with Gasteiger partial charge < -0.3 is 25.4 Å². The molecular formula is C33H34N2O7. The van der Waals surface area contributed by atoms with Gasteiger partial charge in [0.25, 0.3) is 5.60 Å². The third-order valence-corrected chi connectivity index (χ3v) is 8.15. The number of nitrogen functional groups attached to an aromatic ring is 1. The highest BCUT2D eigenvalue weighted by Gasteiger charge is 2.85. The summed E-state index contributed by atoms with van der Waals surface area (Å²) in [4.78, 5) is 45.2. The summed E-state index contributed by atoms with van der Waals surface area (Å²) in [5, 5.41) is 20.8. The molecule has 2 heterocycles. The van der Waals surface area contributed by atoms with E-state index in [0.29, 0.717) is 37.1 Å². The molecule has 3 unspecified atom stereocenters. The third-order valence-electron chi connectivity index (χ3n) is 8.15. The van der Waals surface area contributed by atoms with Crippen molar-refractivity contribution in [2.24, 2.45) is 0 Å². The number of aryl methyl sites for hydroxylation is 2. The second-order valence-electron chi connectivity index (χ2n) is 10.9. The number of carbonyl (C=O) groups excluding carboxylic acids is 3. The molecule has 4 N–H and O–H groups in total. The molecule has 9 heteroatoms. The van der Waals surface area contributed by atoms with Gasteiger partial charge in [0.2, 0.25) is 5.78 Å². The van der Waals surface area contributed by atoms with E-state index in [-0.39, 0.29) is 30.8 Å². The summed E-state index contributed by atoms with van der Waals surface area (Å²) in [5.41, 5.74) is 5.29. The van der Waals surface area contributed by atoms with Crippen molar-refractivity contribution in [3.63, 3.8) is 0 Å². The number of epoxide rings is 1. The van der Waals surface area contributed by atoms with E-state index in [9.17, 15) is 24.6 Å². The molecule has 1 fully saturated rings. The Morgan fingerprint density at radius 3 is 2.38 bits per heavy atom. The summed E-state index contributed by atoms with van der Waals surface area (Å²) in [6, 6.07) is 19.5. The summed E-state index contributed by atoms with van der Waals surface area (Å²) in [7, 11) is 0. The average Bonchev–Trinajstić information content (AvgIpc) is 3.71. The van der Waals surface area contributed by atoms with Crippen molar-refractivity contribution in [2.45, 2.75) is 56.3 Å². The number of anilines is 1. The van der Waals surface area contributed by atoms with Crippen molar-refractivity contribution in [1.29, 1.82) is 0 Å². The molecule has 2 aromatic carbocycles. The van der Waals surface area contributed by atoms with Crippen molar-refractivity contribution in [1.82, 2.24) is 4.98 Å². The fraction of sp³-hybridized carbons (Fsp3) is 0.333. The SMILES string of the molecule is CC(CCc1ccnc(N)c1)=C(CO)CC12OC1(C(=O)OCC(O)CCc1ccccc1)C(=O)c1ccccc1C2=O. The van der Waals surface area contributed by atoms with Crippen LogP contribution in [0.5, 0.6) is 0 Å². The van der Waals surface area contributed by atoms with E-state index in [1.54, 1.807) is 24.4 Å². The Kier molecular flexibility index (Phi) is 8.36. The van der Waals surface area contributed by atoms with Gasteiger partial charge in [0, 0.05) is 23.7 Å². The van der Waals surface area contributed by atoms with Crippen LogP contribution in [0.3, 0.4) is 0 Å². The summed E-state index contributed by atoms with van der Waals surface area (Å²) in [6.07, 6.45) is 2.56. The molecule has 5 rings (SSSR count). The monoisotopic (exact) mass is 570 g/mol. The number of hydrogen-bond acceptors (Lipinski definition) is 9. The number of ether oxygens (including phenoxy) is 2. The van der Waals surface area contributed by atoms with Crippen LogP contribution in [0.25, 0.3) is 0 Å². The molecule has 9 nitrogen and oxygen atoms in total. The molecule has 1 saturated heterocycles. The van der Waals surface area contributed by atoms with E-state index in [0.717, 1.165) is 16.7 Å². The molecule has 218 valence electrons. The Morgan fingerprint density at radius 1 is 1.00 bits per heavy atom. The zero-order valence-corrected chi connectivity index (χ0v) is 23.4. The Hall–Kier alpha value is -4.18. The molecule has 0 radical (unpaired) electrons. The van der Waals surface area contributed by atoms with Crippen molar-refractivity contribution in [3.8, 4) is 0 Å². The van der Waals surface area contributed by atoms with Crippen LogP contribution in [0.15, 0.2) is 84.1 Å². The molecule has 3 aromatic rings. The molecule has 42 heavy (non-hydrogen) atoms. The van der Waals surface area contributed by atoms with Gasteiger partial charge >= 0.3 is 5.97 Å². The van der Waals surface area contributed by atoms with Gasteiger partial charge in [-0.25, -0.2) is 9.78 Å². The number of aromatic nitrogens is 1. The van der Waals surface area contributed by atoms with Gasteiger partial charge in [-0.1, -0.05) is 60.2 Å². The number of benzene rings is 2. The van der Waals surface area contributed by atoms with E-state index in [1.807, 2.05) is 43.3 Å². The maximum Gasteiger partial charge on any atom is 0.350 e. The second-order valence-corrected chi connectivity index (χ2v) is 10.9. The Bertz CT molecular complexity index is 1540. The average molecular weight is 571 g/mol. The maximum atomic E-state index is 13.9. The minimum Gasteiger partial charge on any atom is -0.460 e. The number of esters is 1. The number of nitrogens with zero attached hydrogens (tertiary/aromatic N) is 1. The predicted octanol–water partition coefficient (Wildman–Crippen LogP) is 3.42. The number of ketones is 2. The van der Waals surface area contributed by atoms with Gasteiger partial charge in [0.05, 0.1) is 12.7 Å². The van der Waals surface area contributed by atoms with Crippen LogP contribution in [0.1, 0.15) is 58.0 Å². The highest BCUT2D eigenvalue weighted by molar-refractivity contribution is 6.32. The Labute approximate surface area is 244 Å². The topological polar surface area (TPSA) is 152 Å². The largest absolute Gasteiger partial charge is 0.460 e. The molecule has 1 aliphatic carbocycles. The molecular weight excluding hydrogens is 536 g/mol. The first-order valence-electron chi connectivity index (χ1n) is 14.0. The van der Waals surface area contributed by atoms with E-state index in [4.69, 9.17) is 15.2 Å². The number of carbonyl (C=O) groups is 3. The van der Waals surface area contributed by atoms with E-state index in [1.165, 1.54) is 12.1 Å². The number of pyridine rings is 1. The fourth-order valence-electron chi connectivity index (χ4n) is 5.63. The van der Waals surface area contributed by atoms with Crippen LogP contribution < -0.4 is 5.73 Å². The molecule has 3 atom stereocenters.